The van der Waals surface area contributed by atoms with Crippen molar-refractivity contribution >= 4 is 23.3 Å². The predicted molar refractivity (Wildman–Crippen MR) is 94.6 cm³/mol. The van der Waals surface area contributed by atoms with Crippen LogP contribution in [0.5, 0.6) is 5.75 Å². The van der Waals surface area contributed by atoms with E-state index < -0.39 is 6.03 Å². The molecule has 0 aliphatic heterocycles. The van der Waals surface area contributed by atoms with Crippen molar-refractivity contribution in [1.29, 1.82) is 0 Å². The van der Waals surface area contributed by atoms with E-state index in [4.69, 9.17) is 4.74 Å². The average molecular weight is 327 g/mol. The molecule has 0 unspecified atom stereocenters. The Labute approximate surface area is 141 Å². The van der Waals surface area contributed by atoms with Crippen LogP contribution in [-0.4, -0.2) is 25.6 Å². The first-order valence-electron chi connectivity index (χ1n) is 7.54. The molecule has 0 heterocycles. The molecule has 0 saturated heterocycles. The van der Waals surface area contributed by atoms with Crippen LogP contribution in [0.3, 0.4) is 0 Å². The standard InChI is InChI=1S/C18H21N3O3/c1-12-5-4-6-13(2)17(12)21-18(23)19-11-16(22)20-14-7-9-15(24-3)10-8-14/h4-10H,11H2,1-3H3,(H,20,22)(H2,19,21,23). The second-order valence-corrected chi connectivity index (χ2v) is 5.35. The molecule has 0 atom stereocenters. The molecule has 0 bridgehead atoms. The second-order valence-electron chi connectivity index (χ2n) is 5.35. The van der Waals surface area contributed by atoms with E-state index in [0.29, 0.717) is 11.4 Å². The fourth-order valence-electron chi connectivity index (χ4n) is 2.21. The molecule has 24 heavy (non-hydrogen) atoms. The highest BCUT2D eigenvalue weighted by atomic mass is 16.5. The lowest BCUT2D eigenvalue weighted by Crippen LogP contribution is -2.36. The van der Waals surface area contributed by atoms with Crippen LogP contribution in [0.15, 0.2) is 42.5 Å². The van der Waals surface area contributed by atoms with E-state index in [2.05, 4.69) is 16.0 Å². The van der Waals surface area contributed by atoms with Gasteiger partial charge in [0.25, 0.3) is 0 Å². The maximum absolute atomic E-state index is 11.9. The number of aryl methyl sites for hydroxylation is 2. The zero-order valence-corrected chi connectivity index (χ0v) is 14.0. The van der Waals surface area contributed by atoms with Gasteiger partial charge in [0.1, 0.15) is 5.75 Å². The lowest BCUT2D eigenvalue weighted by Gasteiger charge is -2.12. The molecule has 3 amide bonds. The van der Waals surface area contributed by atoms with Gasteiger partial charge in [0.05, 0.1) is 13.7 Å². The normalized spacial score (nSPS) is 9.96. The van der Waals surface area contributed by atoms with E-state index in [0.717, 1.165) is 16.8 Å². The molecule has 2 rings (SSSR count). The van der Waals surface area contributed by atoms with Gasteiger partial charge in [-0.3, -0.25) is 4.79 Å². The van der Waals surface area contributed by atoms with E-state index in [1.165, 1.54) is 0 Å². The van der Waals surface area contributed by atoms with E-state index in [1.807, 2.05) is 32.0 Å². The highest BCUT2D eigenvalue weighted by molar-refractivity contribution is 5.97. The SMILES string of the molecule is COc1ccc(NC(=O)CNC(=O)Nc2c(C)cccc2C)cc1. The summed E-state index contributed by atoms with van der Waals surface area (Å²) in [5.41, 5.74) is 3.32. The van der Waals surface area contributed by atoms with Crippen LogP contribution < -0.4 is 20.7 Å². The van der Waals surface area contributed by atoms with Crippen molar-refractivity contribution in [3.8, 4) is 5.75 Å². The van der Waals surface area contributed by atoms with Crippen LogP contribution in [0.2, 0.25) is 0 Å². The third kappa shape index (κ3) is 4.74. The van der Waals surface area contributed by atoms with Crippen molar-refractivity contribution in [3.05, 3.63) is 53.6 Å². The number of nitrogens with one attached hydrogen (secondary N) is 3. The first kappa shape index (κ1) is 17.3. The van der Waals surface area contributed by atoms with Gasteiger partial charge in [-0.2, -0.15) is 0 Å². The minimum atomic E-state index is -0.419. The summed E-state index contributed by atoms with van der Waals surface area (Å²) in [6.45, 7) is 3.71. The van der Waals surface area contributed by atoms with Crippen LogP contribution in [0.25, 0.3) is 0 Å². The Bertz CT molecular complexity index is 707. The molecule has 0 aromatic heterocycles. The summed E-state index contributed by atoms with van der Waals surface area (Å²) in [4.78, 5) is 23.8. The van der Waals surface area contributed by atoms with Crippen molar-refractivity contribution in [2.45, 2.75) is 13.8 Å². The molecule has 0 aliphatic carbocycles. The molecule has 126 valence electrons. The largest absolute Gasteiger partial charge is 0.497 e. The number of hydrogen-bond acceptors (Lipinski definition) is 3. The molecule has 3 N–H and O–H groups in total. The summed E-state index contributed by atoms with van der Waals surface area (Å²) in [5.74, 6) is 0.399. The lowest BCUT2D eigenvalue weighted by molar-refractivity contribution is -0.115. The highest BCUT2D eigenvalue weighted by Gasteiger charge is 2.09. The highest BCUT2D eigenvalue weighted by Crippen LogP contribution is 2.19. The van der Waals surface area contributed by atoms with Gasteiger partial charge in [0.15, 0.2) is 0 Å². The Kier molecular flexibility index (Phi) is 5.78. The number of carbonyl (C=O) groups is 2. The van der Waals surface area contributed by atoms with Crippen molar-refractivity contribution in [3.63, 3.8) is 0 Å². The molecular weight excluding hydrogens is 306 g/mol. The number of benzene rings is 2. The predicted octanol–water partition coefficient (Wildman–Crippen LogP) is 3.07. The maximum atomic E-state index is 11.9. The number of rotatable bonds is 5. The Balaban J connectivity index is 1.83. The van der Waals surface area contributed by atoms with Gasteiger partial charge in [-0.25, -0.2) is 4.79 Å². The molecule has 0 fully saturated rings. The molecule has 0 aliphatic rings. The van der Waals surface area contributed by atoms with Crippen molar-refractivity contribution in [2.24, 2.45) is 0 Å². The minimum absolute atomic E-state index is 0.122. The van der Waals surface area contributed by atoms with Gasteiger partial charge >= 0.3 is 6.03 Å². The number of amides is 3. The van der Waals surface area contributed by atoms with Crippen molar-refractivity contribution < 1.29 is 14.3 Å². The van der Waals surface area contributed by atoms with E-state index in [1.54, 1.807) is 31.4 Å². The van der Waals surface area contributed by atoms with Gasteiger partial charge in [-0.1, -0.05) is 18.2 Å². The fraction of sp³-hybridized carbons (Fsp3) is 0.222. The van der Waals surface area contributed by atoms with E-state index in [-0.39, 0.29) is 12.5 Å². The quantitative estimate of drug-likeness (QED) is 0.789. The van der Waals surface area contributed by atoms with E-state index >= 15 is 0 Å². The number of ether oxygens (including phenoxy) is 1. The monoisotopic (exact) mass is 327 g/mol. The van der Waals surface area contributed by atoms with Crippen LogP contribution in [-0.2, 0) is 4.79 Å². The second kappa shape index (κ2) is 8.01. The molecule has 2 aromatic carbocycles. The third-order valence-electron chi connectivity index (χ3n) is 3.50. The number of methoxy groups -OCH3 is 1. The van der Waals surface area contributed by atoms with Gasteiger partial charge in [-0.05, 0) is 49.2 Å². The number of anilines is 2. The Hall–Kier alpha value is -3.02. The summed E-state index contributed by atoms with van der Waals surface area (Å²) in [6.07, 6.45) is 0. The van der Waals surface area contributed by atoms with Crippen LogP contribution in [0, 0.1) is 13.8 Å². The van der Waals surface area contributed by atoms with Crippen LogP contribution in [0.1, 0.15) is 11.1 Å². The summed E-state index contributed by atoms with van der Waals surface area (Å²) in [6, 6.07) is 12.3. The smallest absolute Gasteiger partial charge is 0.319 e. The molecule has 6 heteroatoms. The summed E-state index contributed by atoms with van der Waals surface area (Å²) < 4.78 is 5.05. The minimum Gasteiger partial charge on any atom is -0.497 e. The van der Waals surface area contributed by atoms with Crippen LogP contribution >= 0.6 is 0 Å². The van der Waals surface area contributed by atoms with Crippen molar-refractivity contribution in [2.75, 3.05) is 24.3 Å². The molecule has 2 aromatic rings. The lowest BCUT2D eigenvalue weighted by atomic mass is 10.1. The summed E-state index contributed by atoms with van der Waals surface area (Å²) in [5, 5.41) is 8.01. The molecular formula is C18H21N3O3. The van der Waals surface area contributed by atoms with Gasteiger partial charge < -0.3 is 20.7 Å². The zero-order valence-electron chi connectivity index (χ0n) is 14.0. The van der Waals surface area contributed by atoms with E-state index in [9.17, 15) is 9.59 Å². The Morgan fingerprint density at radius 1 is 0.958 bits per heavy atom. The first-order valence-corrected chi connectivity index (χ1v) is 7.54. The molecule has 0 saturated carbocycles. The fourth-order valence-corrected chi connectivity index (χ4v) is 2.21. The van der Waals surface area contributed by atoms with Crippen molar-refractivity contribution in [1.82, 2.24) is 5.32 Å². The summed E-state index contributed by atoms with van der Waals surface area (Å²) >= 11 is 0. The van der Waals surface area contributed by atoms with Gasteiger partial charge in [0.2, 0.25) is 5.91 Å². The molecule has 0 spiro atoms. The molecule has 6 nitrogen and oxygen atoms in total. The zero-order chi connectivity index (χ0) is 17.5. The topological polar surface area (TPSA) is 79.5 Å². The molecule has 0 radical (unpaired) electrons. The number of urea groups is 1. The summed E-state index contributed by atoms with van der Waals surface area (Å²) in [7, 11) is 1.58. The number of carbonyl (C=O) groups excluding carboxylic acids is 2. The third-order valence-corrected chi connectivity index (χ3v) is 3.50. The van der Waals surface area contributed by atoms with Gasteiger partial charge in [0, 0.05) is 11.4 Å². The average Bonchev–Trinajstić information content (AvgIpc) is 2.57. The number of hydrogen-bond donors (Lipinski definition) is 3. The Morgan fingerprint density at radius 2 is 1.58 bits per heavy atom. The first-order chi connectivity index (χ1) is 11.5. The Morgan fingerprint density at radius 3 is 2.17 bits per heavy atom. The maximum Gasteiger partial charge on any atom is 0.319 e. The number of para-hydroxylation sites is 1. The van der Waals surface area contributed by atoms with Crippen LogP contribution in [0.4, 0.5) is 16.2 Å². The van der Waals surface area contributed by atoms with Gasteiger partial charge in [-0.15, -0.1) is 0 Å².